The van der Waals surface area contributed by atoms with Gasteiger partial charge in [0.15, 0.2) is 5.96 Å². The zero-order valence-corrected chi connectivity index (χ0v) is 19.4. The Morgan fingerprint density at radius 3 is 2.55 bits per heavy atom. The van der Waals surface area contributed by atoms with Crippen LogP contribution in [-0.4, -0.2) is 58.2 Å². The van der Waals surface area contributed by atoms with Crippen molar-refractivity contribution < 1.29 is 4.79 Å². The van der Waals surface area contributed by atoms with Crippen LogP contribution in [0.5, 0.6) is 0 Å². The van der Waals surface area contributed by atoms with E-state index in [9.17, 15) is 4.79 Å². The van der Waals surface area contributed by atoms with Gasteiger partial charge in [-0.15, -0.1) is 24.0 Å². The molecule has 0 radical (unpaired) electrons. The van der Waals surface area contributed by atoms with Crippen molar-refractivity contribution in [2.75, 3.05) is 26.7 Å². The normalized spacial score (nSPS) is 15.0. The molecular weight excluding hydrogens is 481 g/mol. The second kappa shape index (κ2) is 11.7. The highest BCUT2D eigenvalue weighted by atomic mass is 127. The maximum absolute atomic E-state index is 12.5. The van der Waals surface area contributed by atoms with Crippen molar-refractivity contribution in [3.05, 3.63) is 48.0 Å². The molecule has 2 heterocycles. The fourth-order valence-corrected chi connectivity index (χ4v) is 3.47. The Balaban J connectivity index is 0.00000300. The lowest BCUT2D eigenvalue weighted by atomic mass is 9.90. The molecule has 1 aromatic carbocycles. The van der Waals surface area contributed by atoms with Crippen molar-refractivity contribution in [3.63, 3.8) is 0 Å². The van der Waals surface area contributed by atoms with Gasteiger partial charge in [-0.25, -0.2) is 4.98 Å². The summed E-state index contributed by atoms with van der Waals surface area (Å²) in [5.41, 5.74) is 1.38. The van der Waals surface area contributed by atoms with Crippen LogP contribution in [0.15, 0.2) is 41.7 Å². The van der Waals surface area contributed by atoms with Crippen LogP contribution in [-0.2, 0) is 24.8 Å². The molecule has 9 heteroatoms. The monoisotopic (exact) mass is 511 g/mol. The van der Waals surface area contributed by atoms with E-state index in [1.807, 2.05) is 18.0 Å². The van der Waals surface area contributed by atoms with Crippen LogP contribution >= 0.6 is 24.0 Å². The lowest BCUT2D eigenvalue weighted by Gasteiger charge is -2.32. The van der Waals surface area contributed by atoms with Gasteiger partial charge in [0.1, 0.15) is 12.2 Å². The minimum absolute atomic E-state index is 0. The quantitative estimate of drug-likeness (QED) is 0.350. The van der Waals surface area contributed by atoms with Gasteiger partial charge in [-0.1, -0.05) is 30.3 Å². The highest BCUT2D eigenvalue weighted by Gasteiger charge is 2.22. The molecular formula is C20H30IN7O. The average molecular weight is 511 g/mol. The number of carbonyl (C=O) groups is 1. The van der Waals surface area contributed by atoms with Crippen LogP contribution in [0.1, 0.15) is 24.2 Å². The van der Waals surface area contributed by atoms with Gasteiger partial charge in [0, 0.05) is 27.2 Å². The Bertz CT molecular complexity index is 785. The number of aromatic nitrogens is 3. The Kier molecular flexibility index (Phi) is 9.36. The van der Waals surface area contributed by atoms with Gasteiger partial charge in [-0.3, -0.25) is 14.5 Å². The number of aryl methyl sites for hydroxylation is 1. The molecule has 1 aliphatic heterocycles. The van der Waals surface area contributed by atoms with Crippen molar-refractivity contribution in [3.8, 4) is 0 Å². The van der Waals surface area contributed by atoms with Gasteiger partial charge in [-0.05, 0) is 30.7 Å². The number of hydrogen-bond donors (Lipinski definition) is 2. The number of guanidine groups is 1. The molecule has 0 aliphatic carbocycles. The first-order valence-corrected chi connectivity index (χ1v) is 9.75. The summed E-state index contributed by atoms with van der Waals surface area (Å²) in [5, 5.41) is 10.3. The van der Waals surface area contributed by atoms with E-state index in [0.717, 1.165) is 38.2 Å². The molecule has 2 N–H and O–H groups in total. The molecule has 2 aromatic rings. The summed E-state index contributed by atoms with van der Waals surface area (Å²) in [7, 11) is 3.52. The van der Waals surface area contributed by atoms with Crippen molar-refractivity contribution in [2.24, 2.45) is 18.0 Å². The van der Waals surface area contributed by atoms with Gasteiger partial charge in [-0.2, -0.15) is 5.10 Å². The number of nitrogens with zero attached hydrogens (tertiary/aromatic N) is 5. The Morgan fingerprint density at radius 2 is 1.93 bits per heavy atom. The van der Waals surface area contributed by atoms with Gasteiger partial charge in [0.05, 0.1) is 13.1 Å². The molecule has 0 atom stereocenters. The van der Waals surface area contributed by atoms with E-state index in [2.05, 4.69) is 50.0 Å². The molecule has 3 rings (SSSR count). The Morgan fingerprint density at radius 1 is 1.21 bits per heavy atom. The largest absolute Gasteiger partial charge is 0.349 e. The number of nitrogens with one attached hydrogen (secondary N) is 2. The fourth-order valence-electron chi connectivity index (χ4n) is 3.47. The lowest BCUT2D eigenvalue weighted by Crippen LogP contribution is -2.47. The van der Waals surface area contributed by atoms with Gasteiger partial charge in [0.25, 0.3) is 0 Å². The van der Waals surface area contributed by atoms with E-state index >= 15 is 0 Å². The summed E-state index contributed by atoms with van der Waals surface area (Å²) in [6, 6.07) is 10.6. The number of carbonyl (C=O) groups excluding carboxylic acids is 1. The maximum Gasteiger partial charge on any atom is 0.241 e. The standard InChI is InChI=1S/C20H29N7O.HI/c1-21-20(22-13-18-24-15-25-26(18)2)23-14-19(28)27-10-8-17(9-11-27)12-16-6-4-3-5-7-16;/h3-7,15,17H,8-14H2,1-2H3,(H2,21,22,23);1H. The van der Waals surface area contributed by atoms with E-state index < -0.39 is 0 Å². The predicted molar refractivity (Wildman–Crippen MR) is 124 cm³/mol. The molecule has 0 spiro atoms. The second-order valence-electron chi connectivity index (χ2n) is 7.09. The van der Waals surface area contributed by atoms with E-state index in [1.54, 1.807) is 11.7 Å². The van der Waals surface area contributed by atoms with Gasteiger partial charge < -0.3 is 15.5 Å². The molecule has 158 valence electrons. The lowest BCUT2D eigenvalue weighted by molar-refractivity contribution is -0.131. The molecule has 29 heavy (non-hydrogen) atoms. The summed E-state index contributed by atoms with van der Waals surface area (Å²) in [6.07, 6.45) is 4.72. The van der Waals surface area contributed by atoms with Crippen LogP contribution in [0.3, 0.4) is 0 Å². The SMILES string of the molecule is CN=C(NCC(=O)N1CCC(Cc2ccccc2)CC1)NCc1ncnn1C.I. The maximum atomic E-state index is 12.5. The van der Waals surface area contributed by atoms with Crippen LogP contribution in [0.2, 0.25) is 0 Å². The Labute approximate surface area is 189 Å². The number of halogens is 1. The van der Waals surface area contributed by atoms with Crippen molar-refractivity contribution in [1.82, 2.24) is 30.3 Å². The summed E-state index contributed by atoms with van der Waals surface area (Å²) < 4.78 is 1.70. The van der Waals surface area contributed by atoms with Crippen molar-refractivity contribution >= 4 is 35.8 Å². The fraction of sp³-hybridized carbons (Fsp3) is 0.500. The minimum atomic E-state index is 0. The second-order valence-corrected chi connectivity index (χ2v) is 7.09. The number of amides is 1. The van der Waals surface area contributed by atoms with Crippen molar-refractivity contribution in [1.29, 1.82) is 0 Å². The number of piperidine rings is 1. The first kappa shape index (κ1) is 23.1. The third-order valence-electron chi connectivity index (χ3n) is 5.18. The van der Waals surface area contributed by atoms with Crippen LogP contribution < -0.4 is 10.6 Å². The number of hydrogen-bond acceptors (Lipinski definition) is 4. The molecule has 1 aromatic heterocycles. The molecule has 0 bridgehead atoms. The summed E-state index contributed by atoms with van der Waals surface area (Å²) in [5.74, 6) is 2.14. The predicted octanol–water partition coefficient (Wildman–Crippen LogP) is 1.58. The zero-order chi connectivity index (χ0) is 19.8. The van der Waals surface area contributed by atoms with Gasteiger partial charge >= 0.3 is 0 Å². The number of aliphatic imine (C=N–C) groups is 1. The van der Waals surface area contributed by atoms with Gasteiger partial charge in [0.2, 0.25) is 5.91 Å². The third kappa shape index (κ3) is 6.98. The first-order valence-electron chi connectivity index (χ1n) is 9.75. The van der Waals surface area contributed by atoms with E-state index in [0.29, 0.717) is 18.4 Å². The zero-order valence-electron chi connectivity index (χ0n) is 17.0. The van der Waals surface area contributed by atoms with E-state index in [1.165, 1.54) is 11.9 Å². The number of benzene rings is 1. The average Bonchev–Trinajstić information content (AvgIpc) is 3.14. The first-order chi connectivity index (χ1) is 13.7. The number of rotatable bonds is 6. The van der Waals surface area contributed by atoms with Crippen LogP contribution in [0, 0.1) is 5.92 Å². The summed E-state index contributed by atoms with van der Waals surface area (Å²) in [4.78, 5) is 22.8. The van der Waals surface area contributed by atoms with Crippen molar-refractivity contribution in [2.45, 2.75) is 25.8 Å². The minimum Gasteiger partial charge on any atom is -0.349 e. The summed E-state index contributed by atoms with van der Waals surface area (Å²) >= 11 is 0. The van der Waals surface area contributed by atoms with E-state index in [-0.39, 0.29) is 36.4 Å². The molecule has 1 fully saturated rings. The highest BCUT2D eigenvalue weighted by Crippen LogP contribution is 2.21. The Hall–Kier alpha value is -2.17. The molecule has 8 nitrogen and oxygen atoms in total. The molecule has 0 unspecified atom stereocenters. The third-order valence-corrected chi connectivity index (χ3v) is 5.18. The van der Waals surface area contributed by atoms with Crippen LogP contribution in [0.4, 0.5) is 0 Å². The highest BCUT2D eigenvalue weighted by molar-refractivity contribution is 14.0. The van der Waals surface area contributed by atoms with Crippen LogP contribution in [0.25, 0.3) is 0 Å². The topological polar surface area (TPSA) is 87.4 Å². The molecule has 0 saturated carbocycles. The molecule has 1 aliphatic rings. The molecule has 1 saturated heterocycles. The number of likely N-dealkylation sites (tertiary alicyclic amines) is 1. The van der Waals surface area contributed by atoms with E-state index in [4.69, 9.17) is 0 Å². The molecule has 1 amide bonds. The summed E-state index contributed by atoms with van der Waals surface area (Å²) in [6.45, 7) is 2.38. The smallest absolute Gasteiger partial charge is 0.241 e.